The number of fused-ring (bicyclic) bond motifs is 7. The summed E-state index contributed by atoms with van der Waals surface area (Å²) < 4.78 is 12.2. The number of unbranched alkanes of at least 4 members (excludes halogenated alkanes) is 2. The third kappa shape index (κ3) is 2.79. The molecule has 2 aromatic heterocycles. The molecule has 0 amide bonds. The molecule has 0 saturated heterocycles. The van der Waals surface area contributed by atoms with Gasteiger partial charge in [-0.2, -0.15) is 0 Å². The monoisotopic (exact) mass is 370 g/mol. The first kappa shape index (κ1) is 17.4. The fourth-order valence-corrected chi connectivity index (χ4v) is 4.32. The van der Waals surface area contributed by atoms with E-state index in [9.17, 15) is 0 Å². The third-order valence-corrected chi connectivity index (χ3v) is 5.85. The van der Waals surface area contributed by atoms with E-state index in [2.05, 4.69) is 62.4 Å². The van der Waals surface area contributed by atoms with Crippen LogP contribution in [0.4, 0.5) is 0 Å². The van der Waals surface area contributed by atoms with E-state index in [1.807, 2.05) is 0 Å². The minimum atomic E-state index is 0.990. The summed E-state index contributed by atoms with van der Waals surface area (Å²) in [7, 11) is 0. The molecule has 0 atom stereocenters. The summed E-state index contributed by atoms with van der Waals surface area (Å²) in [5.41, 5.74) is 1.98. The quantitative estimate of drug-likeness (QED) is 0.282. The standard InChI is InChI=1S/C26H26O2/c1-3-5-7-17-15-23-21-9-10-22-20(19(21)11-13-25(23)27-17)12-14-26-24(22)16-18(28-26)8-6-4-2/h9-16H,3-8H2,1-2H3. The van der Waals surface area contributed by atoms with Gasteiger partial charge in [-0.25, -0.2) is 0 Å². The third-order valence-electron chi connectivity index (χ3n) is 5.85. The zero-order valence-corrected chi connectivity index (χ0v) is 16.7. The van der Waals surface area contributed by atoms with Crippen LogP contribution in [0.2, 0.25) is 0 Å². The van der Waals surface area contributed by atoms with Gasteiger partial charge in [-0.1, -0.05) is 51.0 Å². The lowest BCUT2D eigenvalue weighted by atomic mass is 9.97. The SMILES string of the molecule is CCCCc1cc2c(ccc3c2ccc2c4cc(CCCC)oc4ccc23)o1. The number of rotatable bonds is 6. The van der Waals surface area contributed by atoms with Crippen LogP contribution < -0.4 is 0 Å². The van der Waals surface area contributed by atoms with Gasteiger partial charge in [0, 0.05) is 23.6 Å². The highest BCUT2D eigenvalue weighted by molar-refractivity contribution is 6.21. The van der Waals surface area contributed by atoms with E-state index in [0.717, 1.165) is 35.5 Å². The number of aryl methyl sites for hydroxylation is 2. The predicted molar refractivity (Wildman–Crippen MR) is 118 cm³/mol. The van der Waals surface area contributed by atoms with Crippen LogP contribution in [0.15, 0.2) is 57.4 Å². The van der Waals surface area contributed by atoms with Gasteiger partial charge in [-0.3, -0.25) is 0 Å². The largest absolute Gasteiger partial charge is 0.461 e. The van der Waals surface area contributed by atoms with Crippen molar-refractivity contribution in [2.75, 3.05) is 0 Å². The van der Waals surface area contributed by atoms with Gasteiger partial charge in [0.2, 0.25) is 0 Å². The van der Waals surface area contributed by atoms with Gasteiger partial charge in [-0.05, 0) is 58.7 Å². The van der Waals surface area contributed by atoms with E-state index < -0.39 is 0 Å². The van der Waals surface area contributed by atoms with Crippen LogP contribution in [0.3, 0.4) is 0 Å². The Bertz CT molecular complexity index is 1180. The average molecular weight is 370 g/mol. The lowest BCUT2D eigenvalue weighted by Crippen LogP contribution is -1.80. The van der Waals surface area contributed by atoms with Crippen molar-refractivity contribution in [3.63, 3.8) is 0 Å². The molecule has 5 rings (SSSR count). The van der Waals surface area contributed by atoms with Gasteiger partial charge in [0.05, 0.1) is 0 Å². The second kappa shape index (κ2) is 7.01. The number of hydrogen-bond donors (Lipinski definition) is 0. The molecule has 0 fully saturated rings. The first-order chi connectivity index (χ1) is 13.8. The predicted octanol–water partition coefficient (Wildman–Crippen LogP) is 8.17. The Morgan fingerprint density at radius 3 is 1.36 bits per heavy atom. The molecule has 2 heterocycles. The second-order valence-corrected chi connectivity index (χ2v) is 7.84. The minimum absolute atomic E-state index is 0.990. The number of benzene rings is 3. The zero-order chi connectivity index (χ0) is 19.1. The number of hydrogen-bond acceptors (Lipinski definition) is 2. The van der Waals surface area contributed by atoms with Gasteiger partial charge in [0.25, 0.3) is 0 Å². The van der Waals surface area contributed by atoms with E-state index in [1.165, 1.54) is 58.0 Å². The molecule has 0 saturated carbocycles. The van der Waals surface area contributed by atoms with Crippen molar-refractivity contribution >= 4 is 43.5 Å². The van der Waals surface area contributed by atoms with Crippen LogP contribution in [-0.2, 0) is 12.8 Å². The summed E-state index contributed by atoms with van der Waals surface area (Å²) in [5, 5.41) is 7.55. The number of furan rings is 2. The summed E-state index contributed by atoms with van der Waals surface area (Å²) >= 11 is 0. The molecule has 2 nitrogen and oxygen atoms in total. The van der Waals surface area contributed by atoms with Crippen LogP contribution in [0.25, 0.3) is 43.5 Å². The maximum atomic E-state index is 6.09. The van der Waals surface area contributed by atoms with Crippen LogP contribution in [-0.4, -0.2) is 0 Å². The minimum Gasteiger partial charge on any atom is -0.461 e. The van der Waals surface area contributed by atoms with Gasteiger partial charge < -0.3 is 8.83 Å². The normalized spacial score (nSPS) is 12.1. The van der Waals surface area contributed by atoms with E-state index in [0.29, 0.717) is 0 Å². The second-order valence-electron chi connectivity index (χ2n) is 7.84. The van der Waals surface area contributed by atoms with Crippen molar-refractivity contribution in [3.8, 4) is 0 Å². The molecular weight excluding hydrogens is 344 g/mol. The van der Waals surface area contributed by atoms with Gasteiger partial charge in [0.1, 0.15) is 22.7 Å². The molecule has 2 heteroatoms. The fourth-order valence-electron chi connectivity index (χ4n) is 4.32. The molecule has 0 bridgehead atoms. The fraction of sp³-hybridized carbons (Fsp3) is 0.308. The average Bonchev–Trinajstić information content (AvgIpc) is 3.33. The molecule has 28 heavy (non-hydrogen) atoms. The summed E-state index contributed by atoms with van der Waals surface area (Å²) in [5.74, 6) is 2.19. The van der Waals surface area contributed by atoms with Gasteiger partial charge in [0.15, 0.2) is 0 Å². The molecule has 3 aromatic carbocycles. The van der Waals surface area contributed by atoms with E-state index in [4.69, 9.17) is 8.83 Å². The lowest BCUT2D eigenvalue weighted by Gasteiger charge is -2.05. The van der Waals surface area contributed by atoms with Crippen LogP contribution >= 0.6 is 0 Å². The highest BCUT2D eigenvalue weighted by Crippen LogP contribution is 2.36. The van der Waals surface area contributed by atoms with Crippen molar-refractivity contribution in [2.24, 2.45) is 0 Å². The maximum absolute atomic E-state index is 6.09. The van der Waals surface area contributed by atoms with Crippen LogP contribution in [0.5, 0.6) is 0 Å². The maximum Gasteiger partial charge on any atom is 0.134 e. The summed E-state index contributed by atoms with van der Waals surface area (Å²) in [4.78, 5) is 0. The molecular formula is C26H26O2. The topological polar surface area (TPSA) is 26.3 Å². The highest BCUT2D eigenvalue weighted by atomic mass is 16.3. The Balaban J connectivity index is 1.69. The van der Waals surface area contributed by atoms with Crippen molar-refractivity contribution < 1.29 is 8.83 Å². The molecule has 0 N–H and O–H groups in total. The van der Waals surface area contributed by atoms with E-state index >= 15 is 0 Å². The summed E-state index contributed by atoms with van der Waals surface area (Å²) in [6.07, 6.45) is 6.72. The molecule has 0 aliphatic heterocycles. The Labute approximate surface area is 165 Å². The molecule has 142 valence electrons. The lowest BCUT2D eigenvalue weighted by molar-refractivity contribution is 0.536. The smallest absolute Gasteiger partial charge is 0.134 e. The Morgan fingerprint density at radius 1 is 0.536 bits per heavy atom. The van der Waals surface area contributed by atoms with Gasteiger partial charge in [-0.15, -0.1) is 0 Å². The Kier molecular flexibility index (Phi) is 4.35. The summed E-state index contributed by atoms with van der Waals surface area (Å²) in [6, 6.07) is 17.6. The Morgan fingerprint density at radius 2 is 0.929 bits per heavy atom. The van der Waals surface area contributed by atoms with E-state index in [-0.39, 0.29) is 0 Å². The van der Waals surface area contributed by atoms with Crippen LogP contribution in [0.1, 0.15) is 51.1 Å². The summed E-state index contributed by atoms with van der Waals surface area (Å²) in [6.45, 7) is 4.43. The van der Waals surface area contributed by atoms with Crippen LogP contribution in [0, 0.1) is 0 Å². The first-order valence-electron chi connectivity index (χ1n) is 10.6. The molecule has 0 aliphatic carbocycles. The molecule has 0 aliphatic rings. The molecule has 0 spiro atoms. The molecule has 0 unspecified atom stereocenters. The van der Waals surface area contributed by atoms with Crippen molar-refractivity contribution in [2.45, 2.75) is 52.4 Å². The van der Waals surface area contributed by atoms with Crippen molar-refractivity contribution in [1.82, 2.24) is 0 Å². The molecule has 5 aromatic rings. The first-order valence-corrected chi connectivity index (χ1v) is 10.6. The zero-order valence-electron chi connectivity index (χ0n) is 16.7. The molecule has 0 radical (unpaired) electrons. The van der Waals surface area contributed by atoms with Crippen molar-refractivity contribution in [3.05, 3.63) is 60.1 Å². The van der Waals surface area contributed by atoms with Gasteiger partial charge >= 0.3 is 0 Å². The van der Waals surface area contributed by atoms with Crippen molar-refractivity contribution in [1.29, 1.82) is 0 Å². The Hall–Kier alpha value is -2.74. The highest BCUT2D eigenvalue weighted by Gasteiger charge is 2.12. The van der Waals surface area contributed by atoms with E-state index in [1.54, 1.807) is 0 Å².